The van der Waals surface area contributed by atoms with E-state index in [0.29, 0.717) is 5.69 Å². The highest BCUT2D eigenvalue weighted by molar-refractivity contribution is 6.06. The van der Waals surface area contributed by atoms with Crippen molar-refractivity contribution in [2.45, 2.75) is 13.8 Å². The molecule has 0 unspecified atom stereocenters. The Hall–Kier alpha value is -1.64. The van der Waals surface area contributed by atoms with Crippen molar-refractivity contribution in [1.29, 1.82) is 0 Å². The molecule has 2 aromatic rings. The zero-order valence-corrected chi connectivity index (χ0v) is 9.19. The van der Waals surface area contributed by atoms with Crippen molar-refractivity contribution in [2.24, 2.45) is 13.0 Å². The fraction of sp³-hybridized carbons (Fsp3) is 0.333. The minimum absolute atomic E-state index is 0.0108. The van der Waals surface area contributed by atoms with Crippen LogP contribution in [0.5, 0.6) is 0 Å². The molecule has 0 spiro atoms. The predicted molar refractivity (Wildman–Crippen MR) is 59.9 cm³/mol. The summed E-state index contributed by atoms with van der Waals surface area (Å²) in [5.74, 6) is 0.0927. The van der Waals surface area contributed by atoms with E-state index in [-0.39, 0.29) is 11.7 Å². The van der Waals surface area contributed by atoms with E-state index in [0.717, 1.165) is 10.9 Å². The van der Waals surface area contributed by atoms with Crippen LogP contribution >= 0.6 is 0 Å². The number of fused-ring (bicyclic) bond motifs is 1. The Morgan fingerprint density at radius 2 is 2.00 bits per heavy atom. The van der Waals surface area contributed by atoms with E-state index >= 15 is 0 Å². The molecule has 3 nitrogen and oxygen atoms in total. The summed E-state index contributed by atoms with van der Waals surface area (Å²) < 4.78 is 1.75. The third-order valence-corrected chi connectivity index (χ3v) is 2.52. The minimum Gasteiger partial charge on any atom is -0.292 e. The lowest BCUT2D eigenvalue weighted by molar-refractivity contribution is 0.0935. The van der Waals surface area contributed by atoms with Crippen molar-refractivity contribution in [3.05, 3.63) is 30.0 Å². The molecule has 3 heteroatoms. The zero-order valence-electron chi connectivity index (χ0n) is 9.19. The molecule has 78 valence electrons. The van der Waals surface area contributed by atoms with Crippen LogP contribution in [0.1, 0.15) is 24.3 Å². The van der Waals surface area contributed by atoms with E-state index < -0.39 is 0 Å². The fourth-order valence-electron chi connectivity index (χ4n) is 1.67. The van der Waals surface area contributed by atoms with Gasteiger partial charge in [0.2, 0.25) is 0 Å². The Morgan fingerprint density at radius 3 is 2.67 bits per heavy atom. The second kappa shape index (κ2) is 3.50. The average molecular weight is 202 g/mol. The van der Waals surface area contributed by atoms with Crippen molar-refractivity contribution in [3.63, 3.8) is 0 Å². The molecule has 0 saturated heterocycles. The van der Waals surface area contributed by atoms with Gasteiger partial charge in [0, 0.05) is 18.4 Å². The Balaban J connectivity index is 2.67. The molecule has 0 atom stereocenters. The monoisotopic (exact) mass is 202 g/mol. The van der Waals surface area contributed by atoms with E-state index in [1.54, 1.807) is 4.68 Å². The van der Waals surface area contributed by atoms with Gasteiger partial charge in [-0.25, -0.2) is 0 Å². The van der Waals surface area contributed by atoms with Crippen LogP contribution < -0.4 is 0 Å². The van der Waals surface area contributed by atoms with Crippen LogP contribution in [0.2, 0.25) is 0 Å². The largest absolute Gasteiger partial charge is 0.292 e. The highest BCUT2D eigenvalue weighted by atomic mass is 16.1. The number of carbonyl (C=O) groups excluding carboxylic acids is 1. The number of hydrogen-bond donors (Lipinski definition) is 0. The first-order chi connectivity index (χ1) is 7.11. The first kappa shape index (κ1) is 9.90. The molecule has 1 aromatic heterocycles. The van der Waals surface area contributed by atoms with E-state index in [4.69, 9.17) is 0 Å². The number of para-hydroxylation sites is 1. The number of rotatable bonds is 2. The van der Waals surface area contributed by atoms with Gasteiger partial charge in [-0.15, -0.1) is 0 Å². The number of nitrogens with zero attached hydrogens (tertiary/aromatic N) is 2. The van der Waals surface area contributed by atoms with Crippen molar-refractivity contribution >= 4 is 16.7 Å². The molecule has 0 aliphatic heterocycles. The molecule has 0 N–H and O–H groups in total. The second-order valence-corrected chi connectivity index (χ2v) is 4.01. The predicted octanol–water partition coefficient (Wildman–Crippen LogP) is 2.41. The quantitative estimate of drug-likeness (QED) is 0.701. The summed E-state index contributed by atoms with van der Waals surface area (Å²) in [6.07, 6.45) is 0. The zero-order chi connectivity index (χ0) is 11.0. The summed E-state index contributed by atoms with van der Waals surface area (Å²) in [5, 5.41) is 5.22. The van der Waals surface area contributed by atoms with Gasteiger partial charge in [0.15, 0.2) is 5.78 Å². The molecule has 1 aromatic carbocycles. The summed E-state index contributed by atoms with van der Waals surface area (Å²) in [4.78, 5) is 11.9. The van der Waals surface area contributed by atoms with Crippen molar-refractivity contribution in [3.8, 4) is 0 Å². The number of aryl methyl sites for hydroxylation is 1. The van der Waals surface area contributed by atoms with E-state index in [2.05, 4.69) is 5.10 Å². The van der Waals surface area contributed by atoms with Gasteiger partial charge in [0.1, 0.15) is 5.69 Å². The summed E-state index contributed by atoms with van der Waals surface area (Å²) >= 11 is 0. The topological polar surface area (TPSA) is 34.9 Å². The number of ketones is 1. The number of aromatic nitrogens is 2. The van der Waals surface area contributed by atoms with Crippen LogP contribution in [0.15, 0.2) is 24.3 Å². The summed E-state index contributed by atoms with van der Waals surface area (Å²) in [7, 11) is 1.86. The van der Waals surface area contributed by atoms with Crippen LogP contribution in [-0.4, -0.2) is 15.6 Å². The molecular weight excluding hydrogens is 188 g/mol. The molecule has 0 bridgehead atoms. The lowest BCUT2D eigenvalue weighted by atomic mass is 10.0. The Labute approximate surface area is 88.7 Å². The molecule has 0 aliphatic carbocycles. The number of benzene rings is 1. The van der Waals surface area contributed by atoms with Gasteiger partial charge in [-0.05, 0) is 6.07 Å². The SMILES string of the molecule is CC(C)C(=O)c1nn(C)c2ccccc12. The first-order valence-electron chi connectivity index (χ1n) is 5.07. The molecule has 1 heterocycles. The van der Waals surface area contributed by atoms with Gasteiger partial charge in [-0.1, -0.05) is 32.0 Å². The highest BCUT2D eigenvalue weighted by Crippen LogP contribution is 2.19. The standard InChI is InChI=1S/C12H14N2O/c1-8(2)12(15)11-9-6-4-5-7-10(9)14(3)13-11/h4-8H,1-3H3. The maximum atomic E-state index is 11.9. The van der Waals surface area contributed by atoms with Gasteiger partial charge in [0.05, 0.1) is 5.52 Å². The minimum atomic E-state index is -0.0108. The number of Topliss-reactive ketones (excluding diaryl/α,β-unsaturated/α-hetero) is 1. The second-order valence-electron chi connectivity index (χ2n) is 4.01. The molecule has 0 fully saturated rings. The Bertz CT molecular complexity index is 511. The molecule has 15 heavy (non-hydrogen) atoms. The molecule has 0 radical (unpaired) electrons. The summed E-state index contributed by atoms with van der Waals surface area (Å²) in [5.41, 5.74) is 1.59. The normalized spacial score (nSPS) is 11.2. The highest BCUT2D eigenvalue weighted by Gasteiger charge is 2.17. The van der Waals surface area contributed by atoms with E-state index in [9.17, 15) is 4.79 Å². The lowest BCUT2D eigenvalue weighted by Gasteiger charge is -1.99. The van der Waals surface area contributed by atoms with E-state index in [1.807, 2.05) is 45.2 Å². The Kier molecular flexibility index (Phi) is 2.31. The van der Waals surface area contributed by atoms with Gasteiger partial charge in [-0.3, -0.25) is 9.48 Å². The van der Waals surface area contributed by atoms with Gasteiger partial charge < -0.3 is 0 Å². The van der Waals surface area contributed by atoms with Crippen molar-refractivity contribution in [1.82, 2.24) is 9.78 Å². The van der Waals surface area contributed by atoms with Crippen LogP contribution in [0, 0.1) is 5.92 Å². The molecule has 0 saturated carbocycles. The Morgan fingerprint density at radius 1 is 1.33 bits per heavy atom. The van der Waals surface area contributed by atoms with Crippen LogP contribution in [-0.2, 0) is 7.05 Å². The smallest absolute Gasteiger partial charge is 0.186 e. The lowest BCUT2D eigenvalue weighted by Crippen LogP contribution is -2.09. The third kappa shape index (κ3) is 1.54. The first-order valence-corrected chi connectivity index (χ1v) is 5.07. The number of hydrogen-bond acceptors (Lipinski definition) is 2. The van der Waals surface area contributed by atoms with Crippen LogP contribution in [0.25, 0.3) is 10.9 Å². The van der Waals surface area contributed by atoms with Crippen LogP contribution in [0.3, 0.4) is 0 Å². The van der Waals surface area contributed by atoms with E-state index in [1.165, 1.54) is 0 Å². The van der Waals surface area contributed by atoms with Gasteiger partial charge in [0.25, 0.3) is 0 Å². The molecular formula is C12H14N2O. The maximum absolute atomic E-state index is 11.9. The molecule has 2 rings (SSSR count). The van der Waals surface area contributed by atoms with Gasteiger partial charge >= 0.3 is 0 Å². The fourth-order valence-corrected chi connectivity index (χ4v) is 1.67. The average Bonchev–Trinajstić information content (AvgIpc) is 2.56. The van der Waals surface area contributed by atoms with Gasteiger partial charge in [-0.2, -0.15) is 5.10 Å². The number of carbonyl (C=O) groups is 1. The van der Waals surface area contributed by atoms with Crippen LogP contribution in [0.4, 0.5) is 0 Å². The summed E-state index contributed by atoms with van der Waals surface area (Å²) in [6, 6.07) is 7.80. The van der Waals surface area contributed by atoms with Crippen molar-refractivity contribution < 1.29 is 4.79 Å². The molecule has 0 amide bonds. The maximum Gasteiger partial charge on any atom is 0.186 e. The van der Waals surface area contributed by atoms with Crippen molar-refractivity contribution in [2.75, 3.05) is 0 Å². The summed E-state index contributed by atoms with van der Waals surface area (Å²) in [6.45, 7) is 3.79. The third-order valence-electron chi connectivity index (χ3n) is 2.52. The molecule has 0 aliphatic rings.